The van der Waals surface area contributed by atoms with Gasteiger partial charge in [0.1, 0.15) is 0 Å². The molecule has 0 bridgehead atoms. The molecule has 2 rings (SSSR count). The Balaban J connectivity index is 2.49. The zero-order chi connectivity index (χ0) is 9.26. The molecule has 0 atom stereocenters. The van der Waals surface area contributed by atoms with Crippen LogP contribution < -0.4 is 0 Å². The summed E-state index contributed by atoms with van der Waals surface area (Å²) >= 11 is 11.6. The molecule has 2 aromatic rings. The third-order valence-corrected chi connectivity index (χ3v) is 2.38. The number of nitrogens with zero attached hydrogens (tertiary/aromatic N) is 1. The molecule has 0 saturated carbocycles. The first-order chi connectivity index (χ1) is 6.27. The molecular formula is C9H5Cl2NO. The maximum absolute atomic E-state index is 5.84. The predicted octanol–water partition coefficient (Wildman–Crippen LogP) is 3.65. The highest BCUT2D eigenvalue weighted by molar-refractivity contribution is 6.42. The Morgan fingerprint density at radius 2 is 2.00 bits per heavy atom. The zero-order valence-corrected chi connectivity index (χ0v) is 8.01. The molecule has 0 spiro atoms. The van der Waals surface area contributed by atoms with E-state index in [1.54, 1.807) is 18.3 Å². The monoisotopic (exact) mass is 213 g/mol. The van der Waals surface area contributed by atoms with Crippen molar-refractivity contribution in [3.8, 4) is 11.3 Å². The van der Waals surface area contributed by atoms with Gasteiger partial charge in [0, 0.05) is 5.56 Å². The Labute approximate surface area is 85.1 Å². The standard InChI is InChI=1S/C9H5Cl2NO/c10-7-2-1-6(3-8(7)11)9-4-12-5-13-9/h1-5H. The van der Waals surface area contributed by atoms with Crippen molar-refractivity contribution in [1.29, 1.82) is 0 Å². The van der Waals surface area contributed by atoms with Gasteiger partial charge in [-0.15, -0.1) is 0 Å². The molecule has 0 fully saturated rings. The first kappa shape index (κ1) is 8.60. The van der Waals surface area contributed by atoms with Crippen LogP contribution in [0.25, 0.3) is 11.3 Å². The molecule has 1 heterocycles. The number of oxazole rings is 1. The third-order valence-electron chi connectivity index (χ3n) is 1.64. The number of halogens is 2. The SMILES string of the molecule is Clc1ccc(-c2cnco2)cc1Cl. The minimum absolute atomic E-state index is 0.510. The van der Waals surface area contributed by atoms with Gasteiger partial charge in [0.2, 0.25) is 0 Å². The molecule has 2 nitrogen and oxygen atoms in total. The van der Waals surface area contributed by atoms with Gasteiger partial charge in [-0.05, 0) is 18.2 Å². The van der Waals surface area contributed by atoms with Gasteiger partial charge in [-0.1, -0.05) is 23.2 Å². The van der Waals surface area contributed by atoms with Gasteiger partial charge in [0.25, 0.3) is 0 Å². The molecule has 1 aromatic heterocycles. The van der Waals surface area contributed by atoms with E-state index in [9.17, 15) is 0 Å². The van der Waals surface area contributed by atoms with Crippen molar-refractivity contribution in [2.24, 2.45) is 0 Å². The van der Waals surface area contributed by atoms with Crippen LogP contribution in [0, 0.1) is 0 Å². The molecular weight excluding hydrogens is 209 g/mol. The van der Waals surface area contributed by atoms with Gasteiger partial charge < -0.3 is 4.42 Å². The van der Waals surface area contributed by atoms with Crippen LogP contribution in [0.1, 0.15) is 0 Å². The summed E-state index contributed by atoms with van der Waals surface area (Å²) in [5.74, 6) is 0.679. The summed E-state index contributed by atoms with van der Waals surface area (Å²) in [6.07, 6.45) is 3.00. The second-order valence-corrected chi connectivity index (χ2v) is 3.31. The fourth-order valence-corrected chi connectivity index (χ4v) is 1.31. The van der Waals surface area contributed by atoms with Gasteiger partial charge in [-0.2, -0.15) is 0 Å². The summed E-state index contributed by atoms with van der Waals surface area (Å²) in [5, 5.41) is 1.04. The summed E-state index contributed by atoms with van der Waals surface area (Å²) in [4.78, 5) is 3.81. The Kier molecular flexibility index (Phi) is 2.25. The fourth-order valence-electron chi connectivity index (χ4n) is 1.01. The second-order valence-electron chi connectivity index (χ2n) is 2.49. The average molecular weight is 214 g/mol. The fraction of sp³-hybridized carbons (Fsp3) is 0. The van der Waals surface area contributed by atoms with Crippen LogP contribution in [-0.4, -0.2) is 4.98 Å². The quantitative estimate of drug-likeness (QED) is 0.723. The molecule has 0 unspecified atom stereocenters. The Morgan fingerprint density at radius 3 is 2.62 bits per heavy atom. The van der Waals surface area contributed by atoms with Crippen LogP contribution in [0.4, 0.5) is 0 Å². The van der Waals surface area contributed by atoms with E-state index in [0.717, 1.165) is 5.56 Å². The van der Waals surface area contributed by atoms with Crippen molar-refractivity contribution in [3.05, 3.63) is 40.8 Å². The number of rotatable bonds is 1. The lowest BCUT2D eigenvalue weighted by Gasteiger charge is -1.98. The highest BCUT2D eigenvalue weighted by atomic mass is 35.5. The van der Waals surface area contributed by atoms with Gasteiger partial charge in [-0.3, -0.25) is 0 Å². The number of hydrogen-bond acceptors (Lipinski definition) is 2. The van der Waals surface area contributed by atoms with E-state index in [4.69, 9.17) is 27.6 Å². The van der Waals surface area contributed by atoms with Crippen molar-refractivity contribution in [3.63, 3.8) is 0 Å². The van der Waals surface area contributed by atoms with Crippen LogP contribution >= 0.6 is 23.2 Å². The van der Waals surface area contributed by atoms with E-state index in [0.29, 0.717) is 15.8 Å². The van der Waals surface area contributed by atoms with Gasteiger partial charge >= 0.3 is 0 Å². The molecule has 1 aromatic carbocycles. The summed E-state index contributed by atoms with van der Waals surface area (Å²) in [5.41, 5.74) is 0.868. The molecule has 66 valence electrons. The summed E-state index contributed by atoms with van der Waals surface area (Å²) in [7, 11) is 0. The van der Waals surface area contributed by atoms with Crippen LogP contribution in [0.15, 0.2) is 35.2 Å². The smallest absolute Gasteiger partial charge is 0.181 e. The molecule has 0 radical (unpaired) electrons. The van der Waals surface area contributed by atoms with Crippen molar-refractivity contribution < 1.29 is 4.42 Å². The molecule has 0 aliphatic heterocycles. The average Bonchev–Trinajstić information content (AvgIpc) is 2.62. The number of benzene rings is 1. The molecule has 0 amide bonds. The van der Waals surface area contributed by atoms with Crippen molar-refractivity contribution >= 4 is 23.2 Å². The molecule has 0 N–H and O–H groups in total. The highest BCUT2D eigenvalue weighted by Gasteiger charge is 2.03. The topological polar surface area (TPSA) is 26.0 Å². The molecule has 0 aliphatic rings. The van der Waals surface area contributed by atoms with Crippen LogP contribution in [-0.2, 0) is 0 Å². The highest BCUT2D eigenvalue weighted by Crippen LogP contribution is 2.27. The zero-order valence-electron chi connectivity index (χ0n) is 6.50. The predicted molar refractivity (Wildman–Crippen MR) is 52.0 cm³/mol. The van der Waals surface area contributed by atoms with Crippen LogP contribution in [0.5, 0.6) is 0 Å². The third kappa shape index (κ3) is 1.69. The normalized spacial score (nSPS) is 10.3. The lowest BCUT2D eigenvalue weighted by Crippen LogP contribution is -1.74. The second kappa shape index (κ2) is 3.40. The minimum Gasteiger partial charge on any atom is -0.444 e. The van der Waals surface area contributed by atoms with Crippen LogP contribution in [0.2, 0.25) is 10.0 Å². The largest absolute Gasteiger partial charge is 0.444 e. The summed E-state index contributed by atoms with van der Waals surface area (Å²) in [6, 6.07) is 5.29. The van der Waals surface area contributed by atoms with Crippen molar-refractivity contribution in [1.82, 2.24) is 4.98 Å². The van der Waals surface area contributed by atoms with Gasteiger partial charge in [-0.25, -0.2) is 4.98 Å². The minimum atomic E-state index is 0.510. The van der Waals surface area contributed by atoms with Crippen molar-refractivity contribution in [2.75, 3.05) is 0 Å². The molecule has 13 heavy (non-hydrogen) atoms. The van der Waals surface area contributed by atoms with E-state index >= 15 is 0 Å². The Morgan fingerprint density at radius 1 is 1.15 bits per heavy atom. The number of aromatic nitrogens is 1. The van der Waals surface area contributed by atoms with Gasteiger partial charge in [0.15, 0.2) is 12.2 Å². The summed E-state index contributed by atoms with van der Waals surface area (Å²) in [6.45, 7) is 0. The first-order valence-corrected chi connectivity index (χ1v) is 4.37. The maximum atomic E-state index is 5.84. The van der Waals surface area contributed by atoms with E-state index in [1.807, 2.05) is 6.07 Å². The lowest BCUT2D eigenvalue weighted by molar-refractivity contribution is 0.572. The maximum Gasteiger partial charge on any atom is 0.181 e. The van der Waals surface area contributed by atoms with E-state index in [1.165, 1.54) is 6.39 Å². The first-order valence-electron chi connectivity index (χ1n) is 3.61. The summed E-state index contributed by atoms with van der Waals surface area (Å²) < 4.78 is 5.10. The van der Waals surface area contributed by atoms with E-state index in [-0.39, 0.29) is 0 Å². The lowest BCUT2D eigenvalue weighted by atomic mass is 10.2. The number of hydrogen-bond donors (Lipinski definition) is 0. The Hall–Kier alpha value is -0.990. The van der Waals surface area contributed by atoms with E-state index < -0.39 is 0 Å². The molecule has 0 saturated heterocycles. The molecule has 0 aliphatic carbocycles. The van der Waals surface area contributed by atoms with Gasteiger partial charge in [0.05, 0.1) is 16.2 Å². The van der Waals surface area contributed by atoms with Crippen LogP contribution in [0.3, 0.4) is 0 Å². The Bertz CT molecular complexity index is 412. The molecule has 4 heteroatoms. The van der Waals surface area contributed by atoms with Crippen molar-refractivity contribution in [2.45, 2.75) is 0 Å². The van der Waals surface area contributed by atoms with E-state index in [2.05, 4.69) is 4.98 Å².